The van der Waals surface area contributed by atoms with Gasteiger partial charge in [-0.15, -0.1) is 0 Å². The molecule has 0 atom stereocenters. The van der Waals surface area contributed by atoms with E-state index in [1.165, 1.54) is 12.5 Å². The van der Waals surface area contributed by atoms with Gasteiger partial charge in [0.15, 0.2) is 0 Å². The Hall–Kier alpha value is -0.770. The molecular weight excluding hydrogens is 304 g/mol. The molecule has 0 heterocycles. The number of alkyl halides is 3. The summed E-state index contributed by atoms with van der Waals surface area (Å²) in [7, 11) is 0. The van der Waals surface area contributed by atoms with E-state index in [0.29, 0.717) is 11.5 Å². The lowest BCUT2D eigenvalue weighted by Crippen LogP contribution is -2.15. The summed E-state index contributed by atoms with van der Waals surface area (Å²) >= 11 is 5.66. The molecule has 1 fully saturated rings. The molecule has 2 rings (SSSR count). The van der Waals surface area contributed by atoms with Crippen LogP contribution >= 0.6 is 11.6 Å². The van der Waals surface area contributed by atoms with Crippen LogP contribution in [0.3, 0.4) is 0 Å². The molecule has 118 valence electrons. The van der Waals surface area contributed by atoms with Gasteiger partial charge in [0.2, 0.25) is 0 Å². The molecule has 0 saturated heterocycles. The fraction of sp³-hybridized carbons (Fsp3) is 0.625. The van der Waals surface area contributed by atoms with Crippen molar-refractivity contribution in [2.75, 3.05) is 0 Å². The van der Waals surface area contributed by atoms with Gasteiger partial charge in [0.05, 0.1) is 5.02 Å². The van der Waals surface area contributed by atoms with Crippen LogP contribution in [-0.2, 0) is 6.18 Å². The summed E-state index contributed by atoms with van der Waals surface area (Å²) in [5.74, 6) is -0.450. The molecule has 21 heavy (non-hydrogen) atoms. The van der Waals surface area contributed by atoms with Gasteiger partial charge in [0.1, 0.15) is 11.4 Å². The number of halogens is 5. The minimum atomic E-state index is -4.75. The van der Waals surface area contributed by atoms with Crippen LogP contribution in [0.5, 0.6) is 0 Å². The van der Waals surface area contributed by atoms with E-state index < -0.39 is 22.6 Å². The van der Waals surface area contributed by atoms with Crippen LogP contribution < -0.4 is 0 Å². The van der Waals surface area contributed by atoms with Crippen molar-refractivity contribution in [1.29, 1.82) is 0 Å². The predicted molar refractivity (Wildman–Crippen MR) is 76.0 cm³/mol. The smallest absolute Gasteiger partial charge is 0.206 e. The van der Waals surface area contributed by atoms with Crippen LogP contribution in [0.4, 0.5) is 17.6 Å². The monoisotopic (exact) mass is 322 g/mol. The Morgan fingerprint density at radius 1 is 1.14 bits per heavy atom. The maximum absolute atomic E-state index is 13.8. The highest BCUT2D eigenvalue weighted by Crippen LogP contribution is 2.42. The summed E-state index contributed by atoms with van der Waals surface area (Å²) in [5, 5.41) is -0.534. The van der Waals surface area contributed by atoms with Crippen molar-refractivity contribution in [3.05, 3.63) is 34.1 Å². The second kappa shape index (κ2) is 6.55. The second-order valence-electron chi connectivity index (χ2n) is 5.86. The van der Waals surface area contributed by atoms with Crippen molar-refractivity contribution in [2.24, 2.45) is 5.92 Å². The average Bonchev–Trinajstić information content (AvgIpc) is 2.37. The Balaban J connectivity index is 2.16. The van der Waals surface area contributed by atoms with Crippen LogP contribution in [0.15, 0.2) is 12.1 Å². The van der Waals surface area contributed by atoms with Crippen molar-refractivity contribution >= 4 is 11.6 Å². The fourth-order valence-corrected chi connectivity index (χ4v) is 3.62. The maximum atomic E-state index is 13.8. The first-order valence-electron chi connectivity index (χ1n) is 7.39. The molecule has 1 aliphatic rings. The minimum Gasteiger partial charge on any atom is -0.206 e. The lowest BCUT2D eigenvalue weighted by molar-refractivity contribution is -0.139. The first kappa shape index (κ1) is 16.6. The lowest BCUT2D eigenvalue weighted by atomic mass is 9.77. The van der Waals surface area contributed by atoms with Crippen LogP contribution in [0.1, 0.15) is 62.5 Å². The summed E-state index contributed by atoms with van der Waals surface area (Å²) in [5.41, 5.74) is -0.756. The molecule has 1 aromatic carbocycles. The third kappa shape index (κ3) is 3.91. The standard InChI is InChI=1S/C16H19ClF4/c1-2-3-10-4-6-11(7-5-10)12-8-13(17)15(14(18)9-12)16(19,20)21/h8-11H,2-7H2,1H3. The SMILES string of the molecule is CCCC1CCC(c2cc(F)c(C(F)(F)F)c(Cl)c2)CC1. The molecule has 1 aliphatic carbocycles. The summed E-state index contributed by atoms with van der Waals surface area (Å²) < 4.78 is 51.8. The van der Waals surface area contributed by atoms with E-state index in [2.05, 4.69) is 6.92 Å². The van der Waals surface area contributed by atoms with Crippen molar-refractivity contribution < 1.29 is 17.6 Å². The van der Waals surface area contributed by atoms with Gasteiger partial charge in [0.25, 0.3) is 0 Å². The molecule has 0 N–H and O–H groups in total. The van der Waals surface area contributed by atoms with Gasteiger partial charge in [-0.05, 0) is 55.2 Å². The van der Waals surface area contributed by atoms with Gasteiger partial charge in [0, 0.05) is 0 Å². The zero-order valence-corrected chi connectivity index (χ0v) is 12.7. The van der Waals surface area contributed by atoms with E-state index in [9.17, 15) is 17.6 Å². The van der Waals surface area contributed by atoms with Gasteiger partial charge >= 0.3 is 6.18 Å². The summed E-state index contributed by atoms with van der Waals surface area (Å²) in [6.45, 7) is 2.15. The van der Waals surface area contributed by atoms with E-state index >= 15 is 0 Å². The third-order valence-corrected chi connectivity index (χ3v) is 4.66. The molecule has 0 aliphatic heterocycles. The Morgan fingerprint density at radius 2 is 1.76 bits per heavy atom. The highest BCUT2D eigenvalue weighted by atomic mass is 35.5. The van der Waals surface area contributed by atoms with Crippen molar-refractivity contribution in [1.82, 2.24) is 0 Å². The zero-order valence-electron chi connectivity index (χ0n) is 11.9. The highest BCUT2D eigenvalue weighted by molar-refractivity contribution is 6.31. The summed E-state index contributed by atoms with van der Waals surface area (Å²) in [4.78, 5) is 0. The predicted octanol–water partition coefficient (Wildman–Crippen LogP) is 6.57. The first-order valence-corrected chi connectivity index (χ1v) is 7.76. The van der Waals surface area contributed by atoms with E-state index in [4.69, 9.17) is 11.6 Å². The molecule has 1 saturated carbocycles. The lowest BCUT2D eigenvalue weighted by Gasteiger charge is -2.29. The summed E-state index contributed by atoms with van der Waals surface area (Å²) in [6, 6.07) is 2.30. The van der Waals surface area contributed by atoms with Crippen LogP contribution in [-0.4, -0.2) is 0 Å². The second-order valence-corrected chi connectivity index (χ2v) is 6.27. The van der Waals surface area contributed by atoms with Crippen molar-refractivity contribution in [3.8, 4) is 0 Å². The number of hydrogen-bond acceptors (Lipinski definition) is 0. The third-order valence-electron chi connectivity index (χ3n) is 4.36. The highest BCUT2D eigenvalue weighted by Gasteiger charge is 2.37. The number of benzene rings is 1. The summed E-state index contributed by atoms with van der Waals surface area (Å²) in [6.07, 6.45) is 1.48. The van der Waals surface area contributed by atoms with Crippen molar-refractivity contribution in [3.63, 3.8) is 0 Å². The van der Waals surface area contributed by atoms with E-state index in [1.54, 1.807) is 0 Å². The van der Waals surface area contributed by atoms with Gasteiger partial charge in [-0.3, -0.25) is 0 Å². The maximum Gasteiger partial charge on any atom is 0.420 e. The molecule has 0 radical (unpaired) electrons. The van der Waals surface area contributed by atoms with E-state index in [1.807, 2.05) is 0 Å². The van der Waals surface area contributed by atoms with Gasteiger partial charge in [-0.1, -0.05) is 31.4 Å². The Labute approximate surface area is 127 Å². The molecule has 1 aromatic rings. The molecule has 0 amide bonds. The first-order chi connectivity index (χ1) is 9.82. The van der Waals surface area contributed by atoms with Gasteiger partial charge < -0.3 is 0 Å². The molecule has 0 spiro atoms. The molecule has 5 heteroatoms. The van der Waals surface area contributed by atoms with Crippen molar-refractivity contribution in [2.45, 2.75) is 57.5 Å². The Morgan fingerprint density at radius 3 is 2.24 bits per heavy atom. The minimum absolute atomic E-state index is 0.118. The average molecular weight is 323 g/mol. The molecule has 0 unspecified atom stereocenters. The van der Waals surface area contributed by atoms with Crippen LogP contribution in [0.2, 0.25) is 5.02 Å². The van der Waals surface area contributed by atoms with E-state index in [-0.39, 0.29) is 5.92 Å². The molecule has 0 bridgehead atoms. The fourth-order valence-electron chi connectivity index (χ4n) is 3.29. The van der Waals surface area contributed by atoms with Crippen LogP contribution in [0, 0.1) is 11.7 Å². The van der Waals surface area contributed by atoms with Gasteiger partial charge in [-0.25, -0.2) is 4.39 Å². The molecule has 0 nitrogen and oxygen atoms in total. The molecule has 0 aromatic heterocycles. The Bertz CT molecular complexity index is 465. The topological polar surface area (TPSA) is 0 Å². The quantitative estimate of drug-likeness (QED) is 0.552. The number of rotatable bonds is 3. The molecular formula is C16H19ClF4. The van der Waals surface area contributed by atoms with E-state index in [0.717, 1.165) is 38.2 Å². The number of hydrogen-bond donors (Lipinski definition) is 0. The Kier molecular flexibility index (Phi) is 5.18. The van der Waals surface area contributed by atoms with Gasteiger partial charge in [-0.2, -0.15) is 13.2 Å². The zero-order chi connectivity index (χ0) is 15.6. The largest absolute Gasteiger partial charge is 0.420 e. The van der Waals surface area contributed by atoms with Crippen LogP contribution in [0.25, 0.3) is 0 Å². The normalized spacial score (nSPS) is 23.3.